The lowest BCUT2D eigenvalue weighted by atomic mass is 9.73. The Morgan fingerprint density at radius 2 is 1.47 bits per heavy atom. The second kappa shape index (κ2) is 9.02. The van der Waals surface area contributed by atoms with Crippen LogP contribution in [0.1, 0.15) is 51.2 Å². The number of carbonyl (C=O) groups excluding carboxylic acids is 2. The van der Waals surface area contributed by atoms with Crippen molar-refractivity contribution < 1.29 is 24.2 Å². The first-order chi connectivity index (χ1) is 15.0. The Morgan fingerprint density at radius 1 is 0.938 bits per heavy atom. The number of rotatable bonds is 8. The van der Waals surface area contributed by atoms with Gasteiger partial charge in [-0.3, -0.25) is 9.59 Å². The third kappa shape index (κ3) is 4.61. The maximum absolute atomic E-state index is 12.7. The molecule has 0 spiro atoms. The monoisotopic (exact) mass is 438 g/mol. The van der Waals surface area contributed by atoms with E-state index in [1.807, 2.05) is 24.3 Å². The smallest absolute Gasteiger partial charge is 0.407 e. The van der Waals surface area contributed by atoms with Crippen molar-refractivity contribution in [2.45, 2.75) is 45.6 Å². The molecule has 0 saturated heterocycles. The normalized spacial score (nSPS) is 13.1. The predicted octanol–water partition coefficient (Wildman–Crippen LogP) is 3.92. The second-order valence-electron chi connectivity index (χ2n) is 9.10. The molecular weight excluding hydrogens is 408 g/mol. The molecule has 7 heteroatoms. The first kappa shape index (κ1) is 23.3. The molecule has 0 saturated carbocycles. The van der Waals surface area contributed by atoms with Gasteiger partial charge in [0.1, 0.15) is 6.61 Å². The highest BCUT2D eigenvalue weighted by atomic mass is 16.5. The molecule has 3 rings (SSSR count). The van der Waals surface area contributed by atoms with E-state index in [0.29, 0.717) is 0 Å². The van der Waals surface area contributed by atoms with Gasteiger partial charge >= 0.3 is 12.1 Å². The zero-order valence-corrected chi connectivity index (χ0v) is 18.9. The number of amides is 2. The van der Waals surface area contributed by atoms with Crippen LogP contribution in [0.15, 0.2) is 48.5 Å². The minimum atomic E-state index is -1.00. The van der Waals surface area contributed by atoms with Crippen LogP contribution in [-0.2, 0) is 14.3 Å². The molecule has 3 N–H and O–H groups in total. The van der Waals surface area contributed by atoms with Crippen molar-refractivity contribution in [3.63, 3.8) is 0 Å². The minimum Gasteiger partial charge on any atom is -0.481 e. The van der Waals surface area contributed by atoms with Gasteiger partial charge in [-0.15, -0.1) is 0 Å². The van der Waals surface area contributed by atoms with E-state index in [2.05, 4.69) is 34.9 Å². The third-order valence-electron chi connectivity index (χ3n) is 6.51. The van der Waals surface area contributed by atoms with Gasteiger partial charge in [0.25, 0.3) is 0 Å². The first-order valence-electron chi connectivity index (χ1n) is 10.7. The van der Waals surface area contributed by atoms with Crippen LogP contribution in [0, 0.1) is 5.41 Å². The van der Waals surface area contributed by atoms with Crippen molar-refractivity contribution in [3.8, 4) is 11.1 Å². The van der Waals surface area contributed by atoms with Gasteiger partial charge in [-0.25, -0.2) is 4.79 Å². The average Bonchev–Trinajstić information content (AvgIpc) is 3.05. The average molecular weight is 439 g/mol. The number of fused-ring (bicyclic) bond motifs is 3. The standard InChI is InChI=1S/C25H30N2O5/c1-24(2,22(30)26-14-13-21(28)29)25(3,4)27-23(31)32-15-20-18-11-7-5-9-16(18)17-10-6-8-12-19(17)20/h5-12,20H,13-15H2,1-4H3,(H,26,30)(H,27,31)(H,28,29). The molecule has 2 aromatic carbocycles. The maximum atomic E-state index is 12.7. The molecule has 170 valence electrons. The van der Waals surface area contributed by atoms with Crippen LogP contribution >= 0.6 is 0 Å². The second-order valence-corrected chi connectivity index (χ2v) is 9.10. The van der Waals surface area contributed by atoms with Crippen LogP contribution in [0.4, 0.5) is 4.79 Å². The summed E-state index contributed by atoms with van der Waals surface area (Å²) in [5.41, 5.74) is 2.60. The van der Waals surface area contributed by atoms with Gasteiger partial charge in [-0.05, 0) is 49.9 Å². The van der Waals surface area contributed by atoms with Gasteiger partial charge in [0.05, 0.1) is 17.4 Å². The lowest BCUT2D eigenvalue weighted by molar-refractivity contribution is -0.137. The van der Waals surface area contributed by atoms with Crippen LogP contribution in [0.2, 0.25) is 0 Å². The van der Waals surface area contributed by atoms with Crippen molar-refractivity contribution >= 4 is 18.0 Å². The minimum absolute atomic E-state index is 0.0264. The Hall–Kier alpha value is -3.35. The Bertz CT molecular complexity index is 983. The zero-order valence-electron chi connectivity index (χ0n) is 18.9. The Kier molecular flexibility index (Phi) is 6.57. The molecule has 1 aliphatic carbocycles. The molecular formula is C25H30N2O5. The molecule has 2 aromatic rings. The highest BCUT2D eigenvalue weighted by Crippen LogP contribution is 2.44. The highest BCUT2D eigenvalue weighted by molar-refractivity contribution is 5.85. The maximum Gasteiger partial charge on any atom is 0.407 e. The summed E-state index contributed by atoms with van der Waals surface area (Å²) in [6.45, 7) is 7.09. The summed E-state index contributed by atoms with van der Waals surface area (Å²) in [5, 5.41) is 14.2. The SMILES string of the molecule is CC(C)(NC(=O)OCC1c2ccccc2-c2ccccc21)C(C)(C)C(=O)NCCC(=O)O. The number of aliphatic carboxylic acids is 1. The van der Waals surface area contributed by atoms with E-state index in [9.17, 15) is 14.4 Å². The highest BCUT2D eigenvalue weighted by Gasteiger charge is 2.44. The van der Waals surface area contributed by atoms with E-state index >= 15 is 0 Å². The number of ether oxygens (including phenoxy) is 1. The Balaban J connectivity index is 1.64. The van der Waals surface area contributed by atoms with Crippen LogP contribution in [0.3, 0.4) is 0 Å². The van der Waals surface area contributed by atoms with Gasteiger partial charge in [-0.1, -0.05) is 48.5 Å². The van der Waals surface area contributed by atoms with Crippen molar-refractivity contribution in [2.75, 3.05) is 13.2 Å². The van der Waals surface area contributed by atoms with E-state index in [1.165, 1.54) is 0 Å². The molecule has 0 aliphatic heterocycles. The summed E-state index contributed by atoms with van der Waals surface area (Å²) < 4.78 is 5.60. The summed E-state index contributed by atoms with van der Waals surface area (Å²) in [6.07, 6.45) is -0.773. The number of alkyl carbamates (subject to hydrolysis) is 1. The van der Waals surface area contributed by atoms with E-state index in [-0.39, 0.29) is 31.4 Å². The van der Waals surface area contributed by atoms with Crippen molar-refractivity contribution in [1.29, 1.82) is 0 Å². The quantitative estimate of drug-likeness (QED) is 0.579. The number of carboxylic acid groups (broad SMARTS) is 1. The molecule has 0 atom stereocenters. The number of carbonyl (C=O) groups is 3. The molecule has 1 aliphatic rings. The molecule has 0 fully saturated rings. The molecule has 0 bridgehead atoms. The van der Waals surface area contributed by atoms with E-state index < -0.39 is 23.0 Å². The molecule has 0 radical (unpaired) electrons. The molecule has 0 heterocycles. The Labute approximate surface area is 188 Å². The topological polar surface area (TPSA) is 105 Å². The molecule has 0 unspecified atom stereocenters. The largest absolute Gasteiger partial charge is 0.481 e. The number of benzene rings is 2. The fraction of sp³-hybridized carbons (Fsp3) is 0.400. The fourth-order valence-corrected chi connectivity index (χ4v) is 3.83. The Morgan fingerprint density at radius 3 is 2.00 bits per heavy atom. The summed E-state index contributed by atoms with van der Waals surface area (Å²) in [7, 11) is 0. The van der Waals surface area contributed by atoms with Gasteiger partial charge in [0.2, 0.25) is 5.91 Å². The van der Waals surface area contributed by atoms with E-state index in [0.717, 1.165) is 22.3 Å². The number of carboxylic acids is 1. The summed E-state index contributed by atoms with van der Waals surface area (Å²) in [4.78, 5) is 36.0. The lowest BCUT2D eigenvalue weighted by Crippen LogP contribution is -2.59. The van der Waals surface area contributed by atoms with Gasteiger partial charge < -0.3 is 20.5 Å². The molecule has 0 aromatic heterocycles. The van der Waals surface area contributed by atoms with Crippen molar-refractivity contribution in [1.82, 2.24) is 10.6 Å². The van der Waals surface area contributed by atoms with Gasteiger partial charge in [0.15, 0.2) is 0 Å². The molecule has 7 nitrogen and oxygen atoms in total. The van der Waals surface area contributed by atoms with Crippen molar-refractivity contribution in [2.24, 2.45) is 5.41 Å². The van der Waals surface area contributed by atoms with Crippen LogP contribution in [0.25, 0.3) is 11.1 Å². The number of nitrogens with one attached hydrogen (secondary N) is 2. The van der Waals surface area contributed by atoms with Crippen LogP contribution < -0.4 is 10.6 Å². The van der Waals surface area contributed by atoms with Crippen LogP contribution in [-0.4, -0.2) is 41.8 Å². The van der Waals surface area contributed by atoms with Gasteiger partial charge in [0, 0.05) is 12.5 Å². The number of hydrogen-bond donors (Lipinski definition) is 3. The van der Waals surface area contributed by atoms with E-state index in [1.54, 1.807) is 27.7 Å². The number of hydrogen-bond acceptors (Lipinski definition) is 4. The third-order valence-corrected chi connectivity index (χ3v) is 6.51. The summed E-state index contributed by atoms with van der Waals surface area (Å²) >= 11 is 0. The van der Waals surface area contributed by atoms with Crippen LogP contribution in [0.5, 0.6) is 0 Å². The predicted molar refractivity (Wildman–Crippen MR) is 121 cm³/mol. The summed E-state index contributed by atoms with van der Waals surface area (Å²) in [5.74, 6) is -1.38. The first-order valence-corrected chi connectivity index (χ1v) is 10.7. The lowest BCUT2D eigenvalue weighted by Gasteiger charge is -2.40. The zero-order chi connectivity index (χ0) is 23.5. The fourth-order valence-electron chi connectivity index (χ4n) is 3.83. The molecule has 32 heavy (non-hydrogen) atoms. The summed E-state index contributed by atoms with van der Waals surface area (Å²) in [6, 6.07) is 16.2. The van der Waals surface area contributed by atoms with Crippen molar-refractivity contribution in [3.05, 3.63) is 59.7 Å². The molecule has 2 amide bonds. The van der Waals surface area contributed by atoms with Gasteiger partial charge in [-0.2, -0.15) is 0 Å². The van der Waals surface area contributed by atoms with E-state index in [4.69, 9.17) is 9.84 Å².